The molecule has 1 aromatic rings. The Morgan fingerprint density at radius 1 is 1.31 bits per heavy atom. The van der Waals surface area contributed by atoms with Gasteiger partial charge in [-0.25, -0.2) is 0 Å². The monoisotopic (exact) mass is 204 g/mol. The third kappa shape index (κ3) is 3.12. The number of benzene rings is 1. The quantitative estimate of drug-likeness (QED) is 0.753. The van der Waals surface area contributed by atoms with Gasteiger partial charge in [-0.2, -0.15) is 8.42 Å². The minimum Gasteiger partial charge on any atom is -0.196 e. The number of rotatable bonds is 3. The maximum absolute atomic E-state index is 11.4. The summed E-state index contributed by atoms with van der Waals surface area (Å²) >= 11 is 0. The molecule has 3 nitrogen and oxygen atoms in total. The van der Waals surface area contributed by atoms with Gasteiger partial charge in [0.2, 0.25) is 0 Å². The Morgan fingerprint density at radius 2 is 1.85 bits per heavy atom. The summed E-state index contributed by atoms with van der Waals surface area (Å²) in [4.78, 5) is 0. The largest absolute Gasteiger partial charge is 0.302 e. The number of hydrogen-bond donors (Lipinski definition) is 0. The molecule has 0 heterocycles. The second kappa shape index (κ2) is 3.85. The number of hydrogen-bond acceptors (Lipinski definition) is 3. The lowest BCUT2D eigenvalue weighted by atomic mass is 10.2. The van der Waals surface area contributed by atoms with Gasteiger partial charge in [-0.3, -0.25) is 0 Å². The van der Waals surface area contributed by atoms with E-state index in [0.717, 1.165) is 5.56 Å². The minimum absolute atomic E-state index is 0.441. The molecule has 0 aliphatic heterocycles. The first-order chi connectivity index (χ1) is 6.03. The lowest BCUT2D eigenvalue weighted by molar-refractivity contribution is 0.00258. The molecule has 0 amide bonds. The first-order valence-electron chi connectivity index (χ1n) is 3.62. The molecule has 0 aliphatic rings. The molecule has 0 bridgehead atoms. The Kier molecular flexibility index (Phi) is 3.00. The third-order valence-corrected chi connectivity index (χ3v) is 2.44. The summed E-state index contributed by atoms with van der Waals surface area (Å²) in [6, 6.07) is 6.74. The van der Waals surface area contributed by atoms with Crippen LogP contribution in [-0.4, -0.2) is 8.42 Å². The van der Waals surface area contributed by atoms with Gasteiger partial charge in [-0.15, -0.1) is 0 Å². The van der Waals surface area contributed by atoms with Crippen LogP contribution in [0, 0.1) is 6.92 Å². The molecule has 0 saturated heterocycles. The molecule has 72 valence electrons. The Hall–Kier alpha value is -0.940. The van der Waals surface area contributed by atoms with Crippen LogP contribution in [0.1, 0.15) is 11.1 Å². The predicted molar refractivity (Wildman–Crippen MR) is 46.0 cm³/mol. The van der Waals surface area contributed by atoms with Crippen molar-refractivity contribution >= 4 is 10.1 Å². The highest BCUT2D eigenvalue weighted by Crippen LogP contribution is 2.09. The molecule has 0 atom stereocenters. The van der Waals surface area contributed by atoms with Crippen molar-refractivity contribution < 1.29 is 17.3 Å². The Bertz CT molecular complexity index is 369. The fraction of sp³-hybridized carbons (Fsp3) is 0.250. The maximum Gasteiger partial charge on any atom is 0.302 e. The molecule has 1 aromatic carbocycles. The highest BCUT2D eigenvalue weighted by Gasteiger charge is 2.12. The fourth-order valence-electron chi connectivity index (χ4n) is 0.911. The van der Waals surface area contributed by atoms with E-state index in [1.165, 1.54) is 0 Å². The standard InChI is InChI=1S/C8H9FO3S/c1-7-2-4-8(5-3-7)6-13(10,11)12-9/h2-5H,6H2,1H3. The minimum atomic E-state index is -4.05. The predicted octanol–water partition coefficient (Wildman–Crippen LogP) is 1.73. The average molecular weight is 204 g/mol. The summed E-state index contributed by atoms with van der Waals surface area (Å²) < 4.78 is 35.6. The fourth-order valence-corrected chi connectivity index (χ4v) is 1.56. The zero-order valence-electron chi connectivity index (χ0n) is 7.03. The van der Waals surface area contributed by atoms with E-state index in [1.807, 2.05) is 6.92 Å². The van der Waals surface area contributed by atoms with Crippen molar-refractivity contribution in [3.05, 3.63) is 35.4 Å². The summed E-state index contributed by atoms with van der Waals surface area (Å²) in [6.45, 7) is 1.88. The van der Waals surface area contributed by atoms with Crippen LogP contribution in [0.2, 0.25) is 0 Å². The van der Waals surface area contributed by atoms with Crippen molar-refractivity contribution in [1.29, 1.82) is 0 Å². The third-order valence-electron chi connectivity index (χ3n) is 1.56. The molecule has 0 N–H and O–H groups in total. The highest BCUT2D eigenvalue weighted by molar-refractivity contribution is 7.85. The number of halogens is 1. The van der Waals surface area contributed by atoms with Gasteiger partial charge in [-0.1, -0.05) is 34.2 Å². The van der Waals surface area contributed by atoms with Crippen LogP contribution in [-0.2, 0) is 20.3 Å². The molecular weight excluding hydrogens is 195 g/mol. The zero-order chi connectivity index (χ0) is 9.90. The van der Waals surface area contributed by atoms with Gasteiger partial charge in [0.05, 0.1) is 0 Å². The van der Waals surface area contributed by atoms with E-state index >= 15 is 0 Å². The van der Waals surface area contributed by atoms with Crippen molar-refractivity contribution in [2.45, 2.75) is 12.7 Å². The van der Waals surface area contributed by atoms with E-state index in [0.29, 0.717) is 5.56 Å². The van der Waals surface area contributed by atoms with Crippen LogP contribution < -0.4 is 0 Å². The molecule has 0 saturated carbocycles. The molecule has 0 radical (unpaired) electrons. The van der Waals surface area contributed by atoms with E-state index in [9.17, 15) is 12.9 Å². The lowest BCUT2D eigenvalue weighted by Crippen LogP contribution is -2.03. The average Bonchev–Trinajstić information content (AvgIpc) is 2.09. The second-order valence-electron chi connectivity index (χ2n) is 2.75. The van der Waals surface area contributed by atoms with Gasteiger partial charge < -0.3 is 0 Å². The van der Waals surface area contributed by atoms with Crippen LogP contribution in [0.3, 0.4) is 0 Å². The van der Waals surface area contributed by atoms with Gasteiger partial charge in [0.15, 0.2) is 0 Å². The van der Waals surface area contributed by atoms with Crippen molar-refractivity contribution in [1.82, 2.24) is 0 Å². The smallest absolute Gasteiger partial charge is 0.196 e. The summed E-state index contributed by atoms with van der Waals surface area (Å²) in [5.74, 6) is -0.441. The second-order valence-corrected chi connectivity index (χ2v) is 4.28. The van der Waals surface area contributed by atoms with E-state index in [-0.39, 0.29) is 0 Å². The molecule has 0 aliphatic carbocycles. The molecular formula is C8H9FO3S. The van der Waals surface area contributed by atoms with Gasteiger partial charge in [-0.05, 0) is 17.0 Å². The molecule has 13 heavy (non-hydrogen) atoms. The van der Waals surface area contributed by atoms with Gasteiger partial charge in [0.1, 0.15) is 5.75 Å². The topological polar surface area (TPSA) is 43.4 Å². The molecule has 0 aromatic heterocycles. The Morgan fingerprint density at radius 3 is 2.31 bits per heavy atom. The van der Waals surface area contributed by atoms with Crippen molar-refractivity contribution in [3.63, 3.8) is 0 Å². The lowest BCUT2D eigenvalue weighted by Gasteiger charge is -1.99. The zero-order valence-corrected chi connectivity index (χ0v) is 7.84. The SMILES string of the molecule is Cc1ccc(CS(=O)(=O)OF)cc1. The van der Waals surface area contributed by atoms with E-state index in [1.54, 1.807) is 24.3 Å². The van der Waals surface area contributed by atoms with Crippen LogP contribution >= 0.6 is 0 Å². The van der Waals surface area contributed by atoms with Crippen molar-refractivity contribution in [2.24, 2.45) is 0 Å². The first kappa shape index (κ1) is 10.1. The van der Waals surface area contributed by atoms with Gasteiger partial charge in [0, 0.05) is 0 Å². The molecule has 5 heteroatoms. The van der Waals surface area contributed by atoms with Crippen molar-refractivity contribution in [2.75, 3.05) is 0 Å². The first-order valence-corrected chi connectivity index (χ1v) is 5.20. The van der Waals surface area contributed by atoms with Crippen molar-refractivity contribution in [3.8, 4) is 0 Å². The highest BCUT2D eigenvalue weighted by atomic mass is 32.2. The van der Waals surface area contributed by atoms with Crippen LogP contribution in [0.25, 0.3) is 0 Å². The van der Waals surface area contributed by atoms with Crippen LogP contribution in [0.5, 0.6) is 0 Å². The Labute approximate surface area is 76.2 Å². The van der Waals surface area contributed by atoms with E-state index in [2.05, 4.69) is 4.39 Å². The number of aryl methyl sites for hydroxylation is 1. The Balaban J connectivity index is 2.82. The summed E-state index contributed by atoms with van der Waals surface area (Å²) in [6.07, 6.45) is 0. The van der Waals surface area contributed by atoms with Crippen LogP contribution in [0.15, 0.2) is 24.3 Å². The summed E-state index contributed by atoms with van der Waals surface area (Å²) in [7, 11) is -4.05. The van der Waals surface area contributed by atoms with E-state index < -0.39 is 15.9 Å². The summed E-state index contributed by atoms with van der Waals surface area (Å²) in [5, 5.41) is 0. The maximum atomic E-state index is 11.4. The normalized spacial score (nSPS) is 11.5. The van der Waals surface area contributed by atoms with E-state index in [4.69, 9.17) is 0 Å². The summed E-state index contributed by atoms with van der Waals surface area (Å²) in [5.41, 5.74) is 1.52. The molecule has 0 fully saturated rings. The van der Waals surface area contributed by atoms with Crippen LogP contribution in [0.4, 0.5) is 4.53 Å². The van der Waals surface area contributed by atoms with Gasteiger partial charge in [0.25, 0.3) is 0 Å². The molecule has 1 rings (SSSR count). The van der Waals surface area contributed by atoms with Gasteiger partial charge >= 0.3 is 10.1 Å². The molecule has 0 spiro atoms. The molecule has 0 unspecified atom stereocenters.